The number of ether oxygens (including phenoxy) is 1. The first-order valence-electron chi connectivity index (χ1n) is 6.12. The summed E-state index contributed by atoms with van der Waals surface area (Å²) in [6, 6.07) is 4.30. The molecule has 0 atom stereocenters. The normalized spacial score (nSPS) is 11.7. The van der Waals surface area contributed by atoms with Crippen molar-refractivity contribution in [1.29, 1.82) is 0 Å². The number of unbranched alkanes of at least 4 members (excludes halogenated alkanes) is 1. The Balaban J connectivity index is 2.98. The number of rotatable bonds is 5. The van der Waals surface area contributed by atoms with Crippen LogP contribution in [0.25, 0.3) is 5.57 Å². The van der Waals surface area contributed by atoms with E-state index in [1.807, 2.05) is 0 Å². The first-order chi connectivity index (χ1) is 8.10. The molecule has 1 aromatic rings. The van der Waals surface area contributed by atoms with E-state index in [0.29, 0.717) is 0 Å². The second-order valence-electron chi connectivity index (χ2n) is 4.45. The smallest absolute Gasteiger partial charge is 0.122 e. The fourth-order valence-electron chi connectivity index (χ4n) is 1.98. The van der Waals surface area contributed by atoms with E-state index in [9.17, 15) is 0 Å². The van der Waals surface area contributed by atoms with E-state index < -0.39 is 0 Å². The molecule has 17 heavy (non-hydrogen) atoms. The third-order valence-electron chi connectivity index (χ3n) is 3.03. The van der Waals surface area contributed by atoms with Crippen molar-refractivity contribution < 1.29 is 4.74 Å². The molecule has 0 aliphatic carbocycles. The lowest BCUT2D eigenvalue weighted by atomic mass is 9.98. The molecule has 0 unspecified atom stereocenters. The number of hydrogen-bond donors (Lipinski definition) is 1. The average molecular weight is 233 g/mol. The van der Waals surface area contributed by atoms with Gasteiger partial charge in [-0.25, -0.2) is 0 Å². The summed E-state index contributed by atoms with van der Waals surface area (Å²) in [6.45, 7) is 7.11. The van der Waals surface area contributed by atoms with Gasteiger partial charge < -0.3 is 10.5 Å². The summed E-state index contributed by atoms with van der Waals surface area (Å²) in [4.78, 5) is 0. The quantitative estimate of drug-likeness (QED) is 0.790. The number of benzene rings is 1. The van der Waals surface area contributed by atoms with Gasteiger partial charge in [0.25, 0.3) is 0 Å². The minimum Gasteiger partial charge on any atom is -0.496 e. The minimum absolute atomic E-state index is 0.754. The van der Waals surface area contributed by atoms with Crippen LogP contribution in [0, 0.1) is 13.8 Å². The number of methoxy groups -OCH3 is 1. The zero-order valence-corrected chi connectivity index (χ0v) is 11.3. The first kappa shape index (κ1) is 13.8. The monoisotopic (exact) mass is 233 g/mol. The Labute approximate surface area is 104 Å². The molecule has 0 aromatic heterocycles. The van der Waals surface area contributed by atoms with E-state index in [2.05, 4.69) is 39.0 Å². The lowest BCUT2D eigenvalue weighted by Crippen LogP contribution is -1.97. The van der Waals surface area contributed by atoms with Gasteiger partial charge in [-0.3, -0.25) is 0 Å². The molecule has 2 nitrogen and oxygen atoms in total. The Bertz CT molecular complexity index is 408. The first-order valence-corrected chi connectivity index (χ1v) is 6.12. The fourth-order valence-corrected chi connectivity index (χ4v) is 1.98. The van der Waals surface area contributed by atoms with Gasteiger partial charge in [0, 0.05) is 0 Å². The standard InChI is InChI=1S/C15H23NO/c1-11(7-5-6-8-16)14-9-13(3)15(17-4)10-12(14)2/h7,9-10H,5-6,8,16H2,1-4H3/b11-7+. The summed E-state index contributed by atoms with van der Waals surface area (Å²) in [5.74, 6) is 0.959. The SMILES string of the molecule is COc1cc(C)c(/C(C)=C/CCCN)cc1C. The van der Waals surface area contributed by atoms with Crippen LogP contribution >= 0.6 is 0 Å². The molecule has 1 rings (SSSR count). The van der Waals surface area contributed by atoms with Crippen LogP contribution in [0.3, 0.4) is 0 Å². The molecule has 0 bridgehead atoms. The van der Waals surface area contributed by atoms with Gasteiger partial charge in [-0.2, -0.15) is 0 Å². The number of hydrogen-bond acceptors (Lipinski definition) is 2. The van der Waals surface area contributed by atoms with Crippen LogP contribution < -0.4 is 10.5 Å². The highest BCUT2D eigenvalue weighted by Crippen LogP contribution is 2.27. The van der Waals surface area contributed by atoms with Crippen LogP contribution in [0.15, 0.2) is 18.2 Å². The van der Waals surface area contributed by atoms with Crippen molar-refractivity contribution in [1.82, 2.24) is 0 Å². The number of aryl methyl sites for hydroxylation is 2. The van der Waals surface area contributed by atoms with Gasteiger partial charge in [-0.1, -0.05) is 6.08 Å². The Hall–Kier alpha value is -1.28. The highest BCUT2D eigenvalue weighted by Gasteiger charge is 2.05. The highest BCUT2D eigenvalue weighted by molar-refractivity contribution is 5.68. The summed E-state index contributed by atoms with van der Waals surface area (Å²) < 4.78 is 5.32. The summed E-state index contributed by atoms with van der Waals surface area (Å²) in [6.07, 6.45) is 4.36. The maximum Gasteiger partial charge on any atom is 0.122 e. The van der Waals surface area contributed by atoms with Gasteiger partial charge in [0.1, 0.15) is 5.75 Å². The molecule has 0 radical (unpaired) electrons. The largest absolute Gasteiger partial charge is 0.496 e. The van der Waals surface area contributed by atoms with Crippen molar-refractivity contribution in [3.8, 4) is 5.75 Å². The van der Waals surface area contributed by atoms with Crippen LogP contribution in [0.4, 0.5) is 0 Å². The minimum atomic E-state index is 0.754. The third kappa shape index (κ3) is 3.60. The molecule has 0 aliphatic heterocycles. The van der Waals surface area contributed by atoms with Gasteiger partial charge in [0.05, 0.1) is 7.11 Å². The van der Waals surface area contributed by atoms with Gasteiger partial charge in [-0.05, 0) is 74.6 Å². The predicted octanol–water partition coefficient (Wildman–Crippen LogP) is 3.45. The molecule has 2 heteroatoms. The Morgan fingerprint density at radius 2 is 2.00 bits per heavy atom. The van der Waals surface area contributed by atoms with E-state index in [-0.39, 0.29) is 0 Å². The van der Waals surface area contributed by atoms with Crippen LogP contribution in [-0.4, -0.2) is 13.7 Å². The average Bonchev–Trinajstić information content (AvgIpc) is 2.31. The Kier molecular flexibility index (Phi) is 5.23. The molecule has 0 saturated heterocycles. The van der Waals surface area contributed by atoms with Gasteiger partial charge in [-0.15, -0.1) is 0 Å². The van der Waals surface area contributed by atoms with Crippen LogP contribution in [0.2, 0.25) is 0 Å². The van der Waals surface area contributed by atoms with E-state index in [4.69, 9.17) is 10.5 Å². The summed E-state index contributed by atoms with van der Waals surface area (Å²) in [5.41, 5.74) is 10.6. The molecule has 2 N–H and O–H groups in total. The molecular formula is C15H23NO. The van der Waals surface area contributed by atoms with E-state index >= 15 is 0 Å². The summed E-state index contributed by atoms with van der Waals surface area (Å²) >= 11 is 0. The molecular weight excluding hydrogens is 210 g/mol. The molecule has 0 fully saturated rings. The van der Waals surface area contributed by atoms with Crippen LogP contribution in [0.5, 0.6) is 5.75 Å². The van der Waals surface area contributed by atoms with E-state index in [0.717, 1.165) is 25.1 Å². The molecule has 94 valence electrons. The van der Waals surface area contributed by atoms with Crippen LogP contribution in [-0.2, 0) is 0 Å². The fraction of sp³-hybridized carbons (Fsp3) is 0.467. The second-order valence-corrected chi connectivity index (χ2v) is 4.45. The predicted molar refractivity (Wildman–Crippen MR) is 74.4 cm³/mol. The van der Waals surface area contributed by atoms with E-state index in [1.54, 1.807) is 7.11 Å². The maximum atomic E-state index is 5.50. The third-order valence-corrected chi connectivity index (χ3v) is 3.03. The molecule has 1 aromatic carbocycles. The molecule has 0 heterocycles. The maximum absolute atomic E-state index is 5.50. The van der Waals surface area contributed by atoms with Crippen molar-refractivity contribution in [2.75, 3.05) is 13.7 Å². The molecule has 0 amide bonds. The van der Waals surface area contributed by atoms with Crippen molar-refractivity contribution >= 4 is 5.57 Å². The van der Waals surface area contributed by atoms with Gasteiger partial charge in [0.15, 0.2) is 0 Å². The second kappa shape index (κ2) is 6.45. The highest BCUT2D eigenvalue weighted by atomic mass is 16.5. The van der Waals surface area contributed by atoms with Gasteiger partial charge in [0.2, 0.25) is 0 Å². The molecule has 0 spiro atoms. The number of nitrogens with two attached hydrogens (primary N) is 1. The molecule has 0 aliphatic rings. The lowest BCUT2D eigenvalue weighted by Gasteiger charge is -2.12. The van der Waals surface area contributed by atoms with E-state index in [1.165, 1.54) is 22.3 Å². The summed E-state index contributed by atoms with van der Waals surface area (Å²) in [5, 5.41) is 0. The van der Waals surface area contributed by atoms with Crippen molar-refractivity contribution in [2.45, 2.75) is 33.6 Å². The van der Waals surface area contributed by atoms with Crippen molar-refractivity contribution in [2.24, 2.45) is 5.73 Å². The lowest BCUT2D eigenvalue weighted by molar-refractivity contribution is 0.411. The molecule has 0 saturated carbocycles. The Morgan fingerprint density at radius 1 is 1.29 bits per heavy atom. The van der Waals surface area contributed by atoms with Crippen molar-refractivity contribution in [3.05, 3.63) is 34.9 Å². The topological polar surface area (TPSA) is 35.2 Å². The number of allylic oxidation sites excluding steroid dienone is 2. The van der Waals surface area contributed by atoms with Gasteiger partial charge >= 0.3 is 0 Å². The van der Waals surface area contributed by atoms with Crippen LogP contribution in [0.1, 0.15) is 36.5 Å². The Morgan fingerprint density at radius 3 is 2.59 bits per heavy atom. The summed E-state index contributed by atoms with van der Waals surface area (Å²) in [7, 11) is 1.71. The van der Waals surface area contributed by atoms with Crippen molar-refractivity contribution in [3.63, 3.8) is 0 Å². The zero-order valence-electron chi connectivity index (χ0n) is 11.3. The zero-order chi connectivity index (χ0) is 12.8.